The zero-order valence-electron chi connectivity index (χ0n) is 11.3. The molecule has 3 N–H and O–H groups in total. The number of nitrogen functional groups attached to an aromatic ring is 1. The van der Waals surface area contributed by atoms with E-state index in [0.29, 0.717) is 17.3 Å². The first kappa shape index (κ1) is 14.8. The van der Waals surface area contributed by atoms with Crippen molar-refractivity contribution in [1.82, 2.24) is 10.2 Å². The lowest BCUT2D eigenvalue weighted by Crippen LogP contribution is -2.13. The number of hydrogen-bond acceptors (Lipinski definition) is 6. The van der Waals surface area contributed by atoms with Crippen LogP contribution in [0.15, 0.2) is 22.5 Å². The van der Waals surface area contributed by atoms with Crippen LogP contribution in [-0.2, 0) is 4.79 Å². The molecule has 1 amide bonds. The van der Waals surface area contributed by atoms with Crippen molar-refractivity contribution in [2.24, 2.45) is 0 Å². The van der Waals surface area contributed by atoms with Crippen molar-refractivity contribution < 1.29 is 4.79 Å². The van der Waals surface area contributed by atoms with E-state index in [9.17, 15) is 4.79 Å². The van der Waals surface area contributed by atoms with E-state index in [4.69, 9.17) is 5.73 Å². The molecule has 0 bridgehead atoms. The van der Waals surface area contributed by atoms with Gasteiger partial charge in [0, 0.05) is 17.9 Å². The van der Waals surface area contributed by atoms with Crippen LogP contribution in [-0.4, -0.2) is 21.9 Å². The minimum absolute atomic E-state index is 0.00180. The molecule has 0 spiro atoms. The first-order valence-electron chi connectivity index (χ1n) is 6.13. The molecular formula is C13H16N4OS2. The summed E-state index contributed by atoms with van der Waals surface area (Å²) in [4.78, 5) is 11.9. The van der Waals surface area contributed by atoms with E-state index in [1.807, 2.05) is 32.0 Å². The first-order valence-corrected chi connectivity index (χ1v) is 7.93. The molecule has 0 saturated carbocycles. The van der Waals surface area contributed by atoms with Gasteiger partial charge in [-0.3, -0.25) is 4.79 Å². The molecule has 7 heteroatoms. The Morgan fingerprint density at radius 3 is 2.85 bits per heavy atom. The number of nitrogens with one attached hydrogen (secondary N) is 1. The summed E-state index contributed by atoms with van der Waals surface area (Å²) < 4.78 is 0.793. The minimum Gasteiger partial charge on any atom is -0.374 e. The first-order chi connectivity index (χ1) is 9.54. The van der Waals surface area contributed by atoms with E-state index in [-0.39, 0.29) is 5.91 Å². The summed E-state index contributed by atoms with van der Waals surface area (Å²) in [6, 6.07) is 5.97. The van der Waals surface area contributed by atoms with E-state index in [2.05, 4.69) is 15.5 Å². The molecule has 1 heterocycles. The third-order valence-electron chi connectivity index (χ3n) is 2.63. The zero-order chi connectivity index (χ0) is 14.5. The van der Waals surface area contributed by atoms with Gasteiger partial charge >= 0.3 is 0 Å². The number of anilines is 2. The molecule has 106 valence electrons. The van der Waals surface area contributed by atoms with Crippen LogP contribution in [0.4, 0.5) is 10.8 Å². The summed E-state index contributed by atoms with van der Waals surface area (Å²) in [6.45, 7) is 4.02. The molecule has 0 fully saturated rings. The van der Waals surface area contributed by atoms with Gasteiger partial charge in [0.2, 0.25) is 11.0 Å². The van der Waals surface area contributed by atoms with Crippen molar-refractivity contribution >= 4 is 39.8 Å². The molecule has 1 aromatic carbocycles. The maximum atomic E-state index is 11.9. The number of nitrogens with zero attached hydrogens (tertiary/aromatic N) is 2. The topological polar surface area (TPSA) is 80.9 Å². The molecule has 0 aliphatic heterocycles. The molecule has 0 aliphatic carbocycles. The molecule has 0 aliphatic rings. The quantitative estimate of drug-likeness (QED) is 0.830. The van der Waals surface area contributed by atoms with Crippen LogP contribution in [0.1, 0.15) is 17.5 Å². The number of benzene rings is 1. The van der Waals surface area contributed by atoms with Crippen LogP contribution in [0.25, 0.3) is 0 Å². The monoisotopic (exact) mass is 308 g/mol. The summed E-state index contributed by atoms with van der Waals surface area (Å²) >= 11 is 2.83. The second-order valence-electron chi connectivity index (χ2n) is 4.37. The van der Waals surface area contributed by atoms with Gasteiger partial charge in [0.05, 0.1) is 0 Å². The van der Waals surface area contributed by atoms with Crippen molar-refractivity contribution in [3.05, 3.63) is 29.3 Å². The average molecular weight is 308 g/mol. The van der Waals surface area contributed by atoms with Gasteiger partial charge in [-0.2, -0.15) is 0 Å². The lowest BCUT2D eigenvalue weighted by atomic mass is 10.1. The molecule has 20 heavy (non-hydrogen) atoms. The SMILES string of the molecule is Cc1ccc(NC(=O)CCSc2nnc(N)s2)c(C)c1. The third-order valence-corrected chi connectivity index (χ3v) is 4.52. The number of carbonyl (C=O) groups is 1. The van der Waals surface area contributed by atoms with E-state index >= 15 is 0 Å². The molecule has 0 unspecified atom stereocenters. The number of amides is 1. The summed E-state index contributed by atoms with van der Waals surface area (Å²) in [5.74, 6) is 0.660. The van der Waals surface area contributed by atoms with Crippen LogP contribution in [0.3, 0.4) is 0 Å². The second-order valence-corrected chi connectivity index (χ2v) is 6.72. The van der Waals surface area contributed by atoms with E-state index < -0.39 is 0 Å². The van der Waals surface area contributed by atoms with Gasteiger partial charge < -0.3 is 11.1 Å². The predicted octanol–water partition coefficient (Wildman–Crippen LogP) is 2.86. The van der Waals surface area contributed by atoms with Crippen LogP contribution >= 0.6 is 23.1 Å². The average Bonchev–Trinajstić information content (AvgIpc) is 2.79. The Morgan fingerprint density at radius 1 is 1.40 bits per heavy atom. The van der Waals surface area contributed by atoms with Crippen molar-refractivity contribution in [3.63, 3.8) is 0 Å². The maximum Gasteiger partial charge on any atom is 0.225 e. The van der Waals surface area contributed by atoms with Gasteiger partial charge in [-0.1, -0.05) is 40.8 Å². The number of aryl methyl sites for hydroxylation is 2. The highest BCUT2D eigenvalue weighted by atomic mass is 32.2. The highest BCUT2D eigenvalue weighted by molar-refractivity contribution is 8.01. The smallest absolute Gasteiger partial charge is 0.225 e. The van der Waals surface area contributed by atoms with Crippen molar-refractivity contribution in [3.8, 4) is 0 Å². The van der Waals surface area contributed by atoms with Gasteiger partial charge in [-0.05, 0) is 25.5 Å². The van der Waals surface area contributed by atoms with E-state index in [1.165, 1.54) is 28.7 Å². The summed E-state index contributed by atoms with van der Waals surface area (Å²) in [6.07, 6.45) is 0.428. The van der Waals surface area contributed by atoms with Crippen LogP contribution in [0.2, 0.25) is 0 Å². The Morgan fingerprint density at radius 2 is 2.20 bits per heavy atom. The highest BCUT2D eigenvalue weighted by Gasteiger charge is 2.07. The van der Waals surface area contributed by atoms with Crippen LogP contribution in [0.5, 0.6) is 0 Å². The molecular weight excluding hydrogens is 292 g/mol. The van der Waals surface area contributed by atoms with Gasteiger partial charge in [-0.25, -0.2) is 0 Å². The standard InChI is InChI=1S/C13H16N4OS2/c1-8-3-4-10(9(2)7-8)15-11(18)5-6-19-13-17-16-12(14)20-13/h3-4,7H,5-6H2,1-2H3,(H2,14,16)(H,15,18). The van der Waals surface area contributed by atoms with Crippen molar-refractivity contribution in [1.29, 1.82) is 0 Å². The zero-order valence-corrected chi connectivity index (χ0v) is 13.0. The molecule has 0 saturated heterocycles. The summed E-state index contributed by atoms with van der Waals surface area (Å²) in [7, 11) is 0. The number of rotatable bonds is 5. The number of carbonyl (C=O) groups excluding carboxylic acids is 1. The molecule has 5 nitrogen and oxygen atoms in total. The molecule has 0 radical (unpaired) electrons. The van der Waals surface area contributed by atoms with E-state index in [0.717, 1.165) is 15.6 Å². The molecule has 2 aromatic rings. The van der Waals surface area contributed by atoms with Gasteiger partial charge in [0.1, 0.15) is 0 Å². The van der Waals surface area contributed by atoms with Crippen molar-refractivity contribution in [2.45, 2.75) is 24.6 Å². The molecule has 1 aromatic heterocycles. The maximum absolute atomic E-state index is 11.9. The van der Waals surface area contributed by atoms with Gasteiger partial charge in [0.25, 0.3) is 0 Å². The molecule has 2 rings (SSSR count). The Kier molecular flexibility index (Phi) is 4.97. The minimum atomic E-state index is 0.00180. The fourth-order valence-corrected chi connectivity index (χ4v) is 3.32. The number of hydrogen-bond donors (Lipinski definition) is 2. The van der Waals surface area contributed by atoms with Gasteiger partial charge in [0.15, 0.2) is 4.34 Å². The number of thioether (sulfide) groups is 1. The van der Waals surface area contributed by atoms with Crippen molar-refractivity contribution in [2.75, 3.05) is 16.8 Å². The Labute approximate surface area is 126 Å². The largest absolute Gasteiger partial charge is 0.374 e. The van der Waals surface area contributed by atoms with Gasteiger partial charge in [-0.15, -0.1) is 10.2 Å². The van der Waals surface area contributed by atoms with E-state index in [1.54, 1.807) is 0 Å². The Bertz CT molecular complexity index is 612. The van der Waals surface area contributed by atoms with Crippen LogP contribution in [0, 0.1) is 13.8 Å². The predicted molar refractivity (Wildman–Crippen MR) is 84.2 cm³/mol. The third kappa shape index (κ3) is 4.21. The Balaban J connectivity index is 1.80. The lowest BCUT2D eigenvalue weighted by Gasteiger charge is -2.08. The number of nitrogens with two attached hydrogens (primary N) is 1. The van der Waals surface area contributed by atoms with Crippen LogP contribution < -0.4 is 11.1 Å². The summed E-state index contributed by atoms with van der Waals surface area (Å²) in [5.41, 5.74) is 8.62. The second kappa shape index (κ2) is 6.71. The number of aromatic nitrogens is 2. The molecule has 0 atom stereocenters. The summed E-state index contributed by atoms with van der Waals surface area (Å²) in [5, 5.41) is 11.0. The highest BCUT2D eigenvalue weighted by Crippen LogP contribution is 2.24. The fourth-order valence-electron chi connectivity index (χ4n) is 1.68. The normalized spacial score (nSPS) is 10.5. The Hall–Kier alpha value is -1.60. The fraction of sp³-hybridized carbons (Fsp3) is 0.308. The lowest BCUT2D eigenvalue weighted by molar-refractivity contribution is -0.115.